The van der Waals surface area contributed by atoms with Crippen molar-refractivity contribution in [3.8, 4) is 0 Å². The first-order valence-electron chi connectivity index (χ1n) is 7.91. The summed E-state index contributed by atoms with van der Waals surface area (Å²) >= 11 is 0. The lowest BCUT2D eigenvalue weighted by atomic mass is 10.0. The third-order valence-electron chi connectivity index (χ3n) is 4.52. The minimum atomic E-state index is -0.347. The molecule has 5 nitrogen and oxygen atoms in total. The molecule has 0 aromatic heterocycles. The molecule has 2 saturated heterocycles. The predicted octanol–water partition coefficient (Wildman–Crippen LogP) is 1.51. The quantitative estimate of drug-likeness (QED) is 0.794. The predicted molar refractivity (Wildman–Crippen MR) is 80.8 cm³/mol. The molecule has 122 valence electrons. The van der Waals surface area contributed by atoms with Crippen LogP contribution in [0.1, 0.15) is 31.2 Å². The monoisotopic (exact) mass is 318 g/mol. The second-order valence-corrected chi connectivity index (χ2v) is 6.08. The van der Waals surface area contributed by atoms with Gasteiger partial charge in [-0.1, -0.05) is 12.1 Å². The molecule has 3 rings (SSSR count). The Morgan fingerprint density at radius 2 is 1.78 bits per heavy atom. The molecule has 2 aliphatic heterocycles. The maximum absolute atomic E-state index is 13.2. The summed E-state index contributed by atoms with van der Waals surface area (Å²) in [5.41, 5.74) is 0.655. The van der Waals surface area contributed by atoms with Crippen LogP contribution in [0.2, 0.25) is 0 Å². The van der Waals surface area contributed by atoms with Gasteiger partial charge < -0.3 is 4.90 Å². The molecule has 0 bridgehead atoms. The van der Waals surface area contributed by atoms with E-state index in [1.165, 1.54) is 17.0 Å². The molecule has 1 aromatic carbocycles. The minimum Gasteiger partial charge on any atom is -0.342 e. The highest BCUT2D eigenvalue weighted by molar-refractivity contribution is 6.02. The molecule has 2 heterocycles. The fraction of sp³-hybridized carbons (Fsp3) is 0.471. The number of halogens is 1. The number of amides is 3. The Bertz CT molecular complexity index is 622. The zero-order chi connectivity index (χ0) is 16.4. The molecule has 3 amide bonds. The number of benzene rings is 1. The first-order valence-corrected chi connectivity index (χ1v) is 7.91. The number of carbonyl (C=O) groups is 3. The molecule has 0 aliphatic carbocycles. The molecule has 0 atom stereocenters. The van der Waals surface area contributed by atoms with Gasteiger partial charge in [-0.15, -0.1) is 0 Å². The summed E-state index contributed by atoms with van der Waals surface area (Å²) in [5, 5.41) is 0. The average molecular weight is 318 g/mol. The summed E-state index contributed by atoms with van der Waals surface area (Å²) in [6.45, 7) is 1.05. The maximum Gasteiger partial charge on any atom is 0.229 e. The van der Waals surface area contributed by atoms with Crippen LogP contribution >= 0.6 is 0 Å². The molecule has 0 saturated carbocycles. The first-order chi connectivity index (χ1) is 11.0. The lowest BCUT2D eigenvalue weighted by Gasteiger charge is -2.35. The molecule has 0 N–H and O–H groups in total. The third-order valence-corrected chi connectivity index (χ3v) is 4.52. The second kappa shape index (κ2) is 6.48. The van der Waals surface area contributed by atoms with Crippen LogP contribution in [0.25, 0.3) is 0 Å². The fourth-order valence-electron chi connectivity index (χ4n) is 3.31. The van der Waals surface area contributed by atoms with E-state index in [1.807, 2.05) is 0 Å². The lowest BCUT2D eigenvalue weighted by Crippen LogP contribution is -2.48. The van der Waals surface area contributed by atoms with Crippen molar-refractivity contribution in [2.45, 2.75) is 38.1 Å². The zero-order valence-corrected chi connectivity index (χ0v) is 12.8. The molecule has 6 heteroatoms. The molecule has 2 aliphatic rings. The van der Waals surface area contributed by atoms with Crippen LogP contribution in [-0.4, -0.2) is 46.7 Å². The Hall–Kier alpha value is -2.24. The topological polar surface area (TPSA) is 57.7 Å². The Kier molecular flexibility index (Phi) is 4.41. The lowest BCUT2D eigenvalue weighted by molar-refractivity contribution is -0.142. The summed E-state index contributed by atoms with van der Waals surface area (Å²) in [4.78, 5) is 38.9. The van der Waals surface area contributed by atoms with Crippen LogP contribution in [0.5, 0.6) is 0 Å². The van der Waals surface area contributed by atoms with Crippen molar-refractivity contribution in [1.82, 2.24) is 9.80 Å². The highest BCUT2D eigenvalue weighted by Gasteiger charge is 2.37. The number of piperidine rings is 1. The van der Waals surface area contributed by atoms with Gasteiger partial charge in [0.25, 0.3) is 0 Å². The standard InChI is InChI=1S/C17H19FN2O3/c18-13-3-1-2-12(10-13)11-17(23)19-8-6-14(7-9-19)20-15(21)4-5-16(20)22/h1-3,10,14H,4-9,11H2. The number of imide groups is 1. The summed E-state index contributed by atoms with van der Waals surface area (Å²) in [6, 6.07) is 5.95. The molecular weight excluding hydrogens is 299 g/mol. The van der Waals surface area contributed by atoms with E-state index in [2.05, 4.69) is 0 Å². The van der Waals surface area contributed by atoms with Gasteiger partial charge in [0.1, 0.15) is 5.82 Å². The zero-order valence-electron chi connectivity index (χ0n) is 12.8. The average Bonchev–Trinajstić information content (AvgIpc) is 2.86. The van der Waals surface area contributed by atoms with Gasteiger partial charge in [-0.25, -0.2) is 4.39 Å². The maximum atomic E-state index is 13.2. The van der Waals surface area contributed by atoms with E-state index in [-0.39, 0.29) is 36.0 Å². The Labute approximate surface area is 134 Å². The molecule has 2 fully saturated rings. The molecule has 1 aromatic rings. The smallest absolute Gasteiger partial charge is 0.229 e. The van der Waals surface area contributed by atoms with Crippen LogP contribution in [-0.2, 0) is 20.8 Å². The van der Waals surface area contributed by atoms with Crippen molar-refractivity contribution in [1.29, 1.82) is 0 Å². The van der Waals surface area contributed by atoms with Gasteiger partial charge in [-0.05, 0) is 30.5 Å². The minimum absolute atomic E-state index is 0.0480. The van der Waals surface area contributed by atoms with E-state index in [0.29, 0.717) is 44.3 Å². The van der Waals surface area contributed by atoms with Gasteiger partial charge in [-0.2, -0.15) is 0 Å². The van der Waals surface area contributed by atoms with Crippen LogP contribution in [0.4, 0.5) is 4.39 Å². The number of carbonyl (C=O) groups excluding carboxylic acids is 3. The Morgan fingerprint density at radius 1 is 1.13 bits per heavy atom. The number of hydrogen-bond acceptors (Lipinski definition) is 3. The summed E-state index contributed by atoms with van der Waals surface area (Å²) in [6.07, 6.45) is 2.01. The molecular formula is C17H19FN2O3. The number of likely N-dealkylation sites (tertiary alicyclic amines) is 2. The largest absolute Gasteiger partial charge is 0.342 e. The molecule has 0 radical (unpaired) electrons. The summed E-state index contributed by atoms with van der Waals surface area (Å²) < 4.78 is 13.2. The van der Waals surface area contributed by atoms with Crippen LogP contribution in [0, 0.1) is 5.82 Å². The van der Waals surface area contributed by atoms with Crippen molar-refractivity contribution >= 4 is 17.7 Å². The number of rotatable bonds is 3. The Balaban J connectivity index is 1.55. The van der Waals surface area contributed by atoms with E-state index >= 15 is 0 Å². The summed E-state index contributed by atoms with van der Waals surface area (Å²) in [7, 11) is 0. The molecule has 0 unspecified atom stereocenters. The van der Waals surface area contributed by atoms with Crippen molar-refractivity contribution in [3.05, 3.63) is 35.6 Å². The first kappa shape index (κ1) is 15.6. The number of nitrogens with zero attached hydrogens (tertiary/aromatic N) is 2. The van der Waals surface area contributed by atoms with Crippen LogP contribution < -0.4 is 0 Å². The van der Waals surface area contributed by atoms with Gasteiger partial charge in [0.15, 0.2) is 0 Å². The van der Waals surface area contributed by atoms with Gasteiger partial charge >= 0.3 is 0 Å². The van der Waals surface area contributed by atoms with E-state index < -0.39 is 0 Å². The van der Waals surface area contributed by atoms with E-state index in [9.17, 15) is 18.8 Å². The van der Waals surface area contributed by atoms with Gasteiger partial charge in [0.05, 0.1) is 6.42 Å². The second-order valence-electron chi connectivity index (χ2n) is 6.08. The van der Waals surface area contributed by atoms with E-state index in [1.54, 1.807) is 17.0 Å². The van der Waals surface area contributed by atoms with Crippen molar-refractivity contribution in [2.75, 3.05) is 13.1 Å². The van der Waals surface area contributed by atoms with Gasteiger partial charge in [0, 0.05) is 32.0 Å². The van der Waals surface area contributed by atoms with E-state index in [4.69, 9.17) is 0 Å². The van der Waals surface area contributed by atoms with Crippen molar-refractivity contribution in [3.63, 3.8) is 0 Å². The third kappa shape index (κ3) is 3.41. The number of hydrogen-bond donors (Lipinski definition) is 0. The molecule has 23 heavy (non-hydrogen) atoms. The van der Waals surface area contributed by atoms with Crippen LogP contribution in [0.3, 0.4) is 0 Å². The SMILES string of the molecule is O=C(Cc1cccc(F)c1)N1CCC(N2C(=O)CCC2=O)CC1. The molecule has 0 spiro atoms. The van der Waals surface area contributed by atoms with Crippen molar-refractivity contribution in [2.24, 2.45) is 0 Å². The highest BCUT2D eigenvalue weighted by atomic mass is 19.1. The fourth-order valence-corrected chi connectivity index (χ4v) is 3.31. The van der Waals surface area contributed by atoms with Gasteiger partial charge in [-0.3, -0.25) is 19.3 Å². The summed E-state index contributed by atoms with van der Waals surface area (Å²) in [5.74, 6) is -0.590. The van der Waals surface area contributed by atoms with Crippen LogP contribution in [0.15, 0.2) is 24.3 Å². The van der Waals surface area contributed by atoms with Crippen molar-refractivity contribution < 1.29 is 18.8 Å². The normalized spacial score (nSPS) is 19.5. The van der Waals surface area contributed by atoms with Gasteiger partial charge in [0.2, 0.25) is 17.7 Å². The van der Waals surface area contributed by atoms with E-state index in [0.717, 1.165) is 0 Å². The Morgan fingerprint density at radius 3 is 2.39 bits per heavy atom. The highest BCUT2D eigenvalue weighted by Crippen LogP contribution is 2.23.